The van der Waals surface area contributed by atoms with Gasteiger partial charge >= 0.3 is 0 Å². The van der Waals surface area contributed by atoms with Gasteiger partial charge in [-0.05, 0) is 18.2 Å². The molecule has 1 aromatic carbocycles. The second-order valence-electron chi connectivity index (χ2n) is 2.69. The molecule has 2 nitrogen and oxygen atoms in total. The van der Waals surface area contributed by atoms with Crippen molar-refractivity contribution in [1.29, 1.82) is 0 Å². The number of alkyl halides is 1. The molecule has 0 bridgehead atoms. The van der Waals surface area contributed by atoms with E-state index in [0.717, 1.165) is 17.6 Å². The molecule has 1 aromatic rings. The Morgan fingerprint density at radius 2 is 2.42 bits per heavy atom. The fourth-order valence-electron chi connectivity index (χ4n) is 1.27. The Kier molecular flexibility index (Phi) is 1.77. The molecule has 1 aliphatic heterocycles. The molecule has 0 fully saturated rings. The van der Waals surface area contributed by atoms with Gasteiger partial charge in [-0.25, -0.2) is 0 Å². The van der Waals surface area contributed by atoms with Crippen LogP contribution in [0.15, 0.2) is 18.2 Å². The van der Waals surface area contributed by atoms with Gasteiger partial charge in [0, 0.05) is 11.1 Å². The maximum Gasteiger partial charge on any atom is 0.150 e. The average Bonchev–Trinajstić information content (AvgIpc) is 2.47. The Hall–Kier alpha value is -1.02. The SMILES string of the molecule is O=Cc1ccc2c(c1)C(Cl)CO2. The standard InChI is InChI=1S/C9H7ClO2/c10-8-5-12-9-2-1-6(4-11)3-7(8)9/h1-4,8H,5H2. The molecular weight excluding hydrogens is 176 g/mol. The highest BCUT2D eigenvalue weighted by Crippen LogP contribution is 2.36. The van der Waals surface area contributed by atoms with Crippen LogP contribution in [0.4, 0.5) is 0 Å². The Morgan fingerprint density at radius 1 is 1.58 bits per heavy atom. The van der Waals surface area contributed by atoms with Gasteiger partial charge in [0.05, 0.1) is 5.38 Å². The Bertz CT molecular complexity index is 322. The van der Waals surface area contributed by atoms with Crippen LogP contribution in [-0.4, -0.2) is 12.9 Å². The number of benzene rings is 1. The molecule has 0 radical (unpaired) electrons. The number of ether oxygens (including phenoxy) is 1. The number of carbonyl (C=O) groups is 1. The maximum atomic E-state index is 10.4. The number of hydrogen-bond acceptors (Lipinski definition) is 2. The molecule has 1 aliphatic rings. The largest absolute Gasteiger partial charge is 0.491 e. The van der Waals surface area contributed by atoms with Crippen LogP contribution >= 0.6 is 11.6 Å². The number of hydrogen-bond donors (Lipinski definition) is 0. The second-order valence-corrected chi connectivity index (χ2v) is 3.22. The normalized spacial score (nSPS) is 19.9. The van der Waals surface area contributed by atoms with E-state index in [1.807, 2.05) is 0 Å². The molecule has 0 aromatic heterocycles. The van der Waals surface area contributed by atoms with Gasteiger partial charge in [0.2, 0.25) is 0 Å². The number of carbonyl (C=O) groups excluding carboxylic acids is 1. The van der Waals surface area contributed by atoms with Crippen LogP contribution in [0.2, 0.25) is 0 Å². The summed E-state index contributed by atoms with van der Waals surface area (Å²) in [7, 11) is 0. The van der Waals surface area contributed by atoms with E-state index in [4.69, 9.17) is 16.3 Å². The summed E-state index contributed by atoms with van der Waals surface area (Å²) in [6.45, 7) is 0.499. The van der Waals surface area contributed by atoms with Crippen molar-refractivity contribution in [3.63, 3.8) is 0 Å². The van der Waals surface area contributed by atoms with Gasteiger partial charge in [0.15, 0.2) is 0 Å². The summed E-state index contributed by atoms with van der Waals surface area (Å²) < 4.78 is 5.26. The van der Waals surface area contributed by atoms with Crippen LogP contribution < -0.4 is 4.74 Å². The van der Waals surface area contributed by atoms with Crippen molar-refractivity contribution >= 4 is 17.9 Å². The van der Waals surface area contributed by atoms with Gasteiger partial charge < -0.3 is 4.74 Å². The summed E-state index contributed by atoms with van der Waals surface area (Å²) in [5.41, 5.74) is 1.56. The van der Waals surface area contributed by atoms with E-state index in [2.05, 4.69) is 0 Å². The van der Waals surface area contributed by atoms with Crippen molar-refractivity contribution < 1.29 is 9.53 Å². The lowest BCUT2D eigenvalue weighted by Gasteiger charge is -1.98. The van der Waals surface area contributed by atoms with E-state index >= 15 is 0 Å². The van der Waals surface area contributed by atoms with E-state index in [1.165, 1.54) is 0 Å². The Balaban J connectivity index is 2.50. The van der Waals surface area contributed by atoms with Gasteiger partial charge in [0.25, 0.3) is 0 Å². The predicted octanol–water partition coefficient (Wildman–Crippen LogP) is 2.17. The van der Waals surface area contributed by atoms with Crippen LogP contribution in [-0.2, 0) is 0 Å². The van der Waals surface area contributed by atoms with E-state index in [-0.39, 0.29) is 5.38 Å². The summed E-state index contributed by atoms with van der Waals surface area (Å²) >= 11 is 5.93. The molecule has 0 saturated carbocycles. The highest BCUT2D eigenvalue weighted by atomic mass is 35.5. The fraction of sp³-hybridized carbons (Fsp3) is 0.222. The van der Waals surface area contributed by atoms with Gasteiger partial charge in [-0.15, -0.1) is 11.6 Å². The molecule has 0 aliphatic carbocycles. The van der Waals surface area contributed by atoms with Crippen molar-refractivity contribution in [3.05, 3.63) is 29.3 Å². The van der Waals surface area contributed by atoms with Crippen molar-refractivity contribution in [3.8, 4) is 5.75 Å². The molecule has 62 valence electrons. The van der Waals surface area contributed by atoms with Crippen molar-refractivity contribution in [2.45, 2.75) is 5.38 Å². The van der Waals surface area contributed by atoms with Crippen LogP contribution in [0.3, 0.4) is 0 Å². The van der Waals surface area contributed by atoms with Gasteiger partial charge in [-0.2, -0.15) is 0 Å². The molecule has 0 saturated heterocycles. The highest BCUT2D eigenvalue weighted by Gasteiger charge is 2.21. The molecule has 0 N–H and O–H groups in total. The third-order valence-electron chi connectivity index (χ3n) is 1.89. The van der Waals surface area contributed by atoms with Gasteiger partial charge in [0.1, 0.15) is 18.6 Å². The van der Waals surface area contributed by atoms with E-state index in [1.54, 1.807) is 18.2 Å². The molecule has 3 heteroatoms. The zero-order valence-electron chi connectivity index (χ0n) is 6.29. The lowest BCUT2D eigenvalue weighted by Crippen LogP contribution is -1.90. The van der Waals surface area contributed by atoms with Gasteiger partial charge in [-0.1, -0.05) is 0 Å². The minimum atomic E-state index is -0.111. The number of fused-ring (bicyclic) bond motifs is 1. The molecular formula is C9H7ClO2. The van der Waals surface area contributed by atoms with Crippen LogP contribution in [0.1, 0.15) is 21.3 Å². The van der Waals surface area contributed by atoms with Crippen LogP contribution in [0, 0.1) is 0 Å². The zero-order valence-corrected chi connectivity index (χ0v) is 7.04. The zero-order chi connectivity index (χ0) is 8.55. The topological polar surface area (TPSA) is 26.3 Å². The minimum Gasteiger partial charge on any atom is -0.491 e. The molecule has 0 amide bonds. The van der Waals surface area contributed by atoms with E-state index in [0.29, 0.717) is 12.2 Å². The lowest BCUT2D eigenvalue weighted by atomic mass is 10.1. The quantitative estimate of drug-likeness (QED) is 0.492. The highest BCUT2D eigenvalue weighted by molar-refractivity contribution is 6.21. The Morgan fingerprint density at radius 3 is 3.17 bits per heavy atom. The maximum absolute atomic E-state index is 10.4. The molecule has 2 rings (SSSR count). The summed E-state index contributed by atoms with van der Waals surface area (Å²) in [5, 5.41) is -0.111. The van der Waals surface area contributed by atoms with Crippen LogP contribution in [0.5, 0.6) is 5.75 Å². The lowest BCUT2D eigenvalue weighted by molar-refractivity contribution is 0.112. The number of halogens is 1. The first kappa shape index (κ1) is 7.62. The number of aldehydes is 1. The Labute approximate surface area is 75.1 Å². The molecule has 0 spiro atoms. The molecule has 1 heterocycles. The first-order valence-electron chi connectivity index (χ1n) is 3.67. The molecule has 12 heavy (non-hydrogen) atoms. The monoisotopic (exact) mass is 182 g/mol. The van der Waals surface area contributed by atoms with Crippen molar-refractivity contribution in [1.82, 2.24) is 0 Å². The predicted molar refractivity (Wildman–Crippen MR) is 45.9 cm³/mol. The summed E-state index contributed by atoms with van der Waals surface area (Å²) in [4.78, 5) is 10.4. The minimum absolute atomic E-state index is 0.111. The van der Waals surface area contributed by atoms with Crippen molar-refractivity contribution in [2.75, 3.05) is 6.61 Å². The third-order valence-corrected chi connectivity index (χ3v) is 2.25. The summed E-state index contributed by atoms with van der Waals surface area (Å²) in [6, 6.07) is 5.27. The first-order chi connectivity index (χ1) is 5.81. The van der Waals surface area contributed by atoms with Crippen LogP contribution in [0.25, 0.3) is 0 Å². The van der Waals surface area contributed by atoms with Gasteiger partial charge in [-0.3, -0.25) is 4.79 Å². The third kappa shape index (κ3) is 1.08. The molecule has 1 atom stereocenters. The second kappa shape index (κ2) is 2.79. The summed E-state index contributed by atoms with van der Waals surface area (Å²) in [6.07, 6.45) is 0.808. The fourth-order valence-corrected chi connectivity index (χ4v) is 1.50. The first-order valence-corrected chi connectivity index (χ1v) is 4.11. The molecule has 1 unspecified atom stereocenters. The average molecular weight is 183 g/mol. The smallest absolute Gasteiger partial charge is 0.150 e. The van der Waals surface area contributed by atoms with Crippen molar-refractivity contribution in [2.24, 2.45) is 0 Å². The van der Waals surface area contributed by atoms with E-state index < -0.39 is 0 Å². The summed E-state index contributed by atoms with van der Waals surface area (Å²) in [5.74, 6) is 0.792. The van der Waals surface area contributed by atoms with E-state index in [9.17, 15) is 4.79 Å². The number of rotatable bonds is 1.